The molecular formula is C19H34O4. The van der Waals surface area contributed by atoms with Gasteiger partial charge < -0.3 is 9.84 Å². The molecule has 0 aromatic carbocycles. The molecule has 0 aliphatic rings. The molecule has 0 saturated carbocycles. The predicted molar refractivity (Wildman–Crippen MR) is 93.1 cm³/mol. The Bertz CT molecular complexity index is 464. The van der Waals surface area contributed by atoms with Crippen molar-refractivity contribution in [3.63, 3.8) is 0 Å². The topological polar surface area (TPSA) is 63.6 Å². The van der Waals surface area contributed by atoms with Gasteiger partial charge in [0, 0.05) is 0 Å². The van der Waals surface area contributed by atoms with Gasteiger partial charge in [0.2, 0.25) is 0 Å². The molecule has 0 rings (SSSR count). The van der Waals surface area contributed by atoms with Crippen molar-refractivity contribution < 1.29 is 19.4 Å². The molecular weight excluding hydrogens is 292 g/mol. The molecule has 2 unspecified atom stereocenters. The molecule has 0 fully saturated rings. The molecule has 0 aliphatic heterocycles. The molecule has 4 nitrogen and oxygen atoms in total. The number of methoxy groups -OCH3 is 1. The van der Waals surface area contributed by atoms with Gasteiger partial charge in [-0.1, -0.05) is 40.7 Å². The number of carbonyl (C=O) groups is 2. The Labute approximate surface area is 141 Å². The summed E-state index contributed by atoms with van der Waals surface area (Å²) in [6, 6.07) is 0. The lowest BCUT2D eigenvalue weighted by Gasteiger charge is -2.46. The lowest BCUT2D eigenvalue weighted by atomic mass is 9.58. The van der Waals surface area contributed by atoms with E-state index in [4.69, 9.17) is 4.74 Å². The Morgan fingerprint density at radius 3 is 1.83 bits per heavy atom. The van der Waals surface area contributed by atoms with E-state index in [2.05, 4.69) is 34.3 Å². The number of carbonyl (C=O) groups excluding carboxylic acids is 1. The van der Waals surface area contributed by atoms with Crippen LogP contribution in [-0.4, -0.2) is 24.2 Å². The first-order valence-corrected chi connectivity index (χ1v) is 8.17. The second-order valence-corrected chi connectivity index (χ2v) is 8.43. The number of ether oxygens (including phenoxy) is 1. The lowest BCUT2D eigenvalue weighted by molar-refractivity contribution is -0.161. The Morgan fingerprint density at radius 1 is 1.04 bits per heavy atom. The molecule has 0 saturated heterocycles. The monoisotopic (exact) mass is 326 g/mol. The summed E-state index contributed by atoms with van der Waals surface area (Å²) < 4.78 is 4.90. The Hall–Kier alpha value is -1.32. The lowest BCUT2D eigenvalue weighted by Crippen LogP contribution is -2.44. The maximum absolute atomic E-state index is 12.2. The highest BCUT2D eigenvalue weighted by atomic mass is 16.5. The van der Waals surface area contributed by atoms with E-state index in [0.717, 1.165) is 0 Å². The third-order valence-electron chi connectivity index (χ3n) is 5.84. The van der Waals surface area contributed by atoms with Crippen LogP contribution in [0.1, 0.15) is 67.7 Å². The van der Waals surface area contributed by atoms with Gasteiger partial charge in [0.15, 0.2) is 0 Å². The molecule has 0 amide bonds. The molecule has 0 heterocycles. The molecule has 0 aromatic rings. The summed E-state index contributed by atoms with van der Waals surface area (Å²) in [7, 11) is 1.35. The van der Waals surface area contributed by atoms with Gasteiger partial charge in [0.05, 0.1) is 17.9 Å². The number of rotatable bonds is 9. The van der Waals surface area contributed by atoms with Crippen LogP contribution in [0.25, 0.3) is 0 Å². The van der Waals surface area contributed by atoms with Crippen molar-refractivity contribution in [2.45, 2.75) is 67.7 Å². The minimum Gasteiger partial charge on any atom is -0.481 e. The van der Waals surface area contributed by atoms with Crippen molar-refractivity contribution in [3.05, 3.63) is 12.7 Å². The summed E-state index contributed by atoms with van der Waals surface area (Å²) in [6.45, 7) is 17.5. The van der Waals surface area contributed by atoms with E-state index in [1.807, 2.05) is 13.0 Å². The number of allylic oxidation sites excluding steroid dienone is 1. The van der Waals surface area contributed by atoms with E-state index in [0.29, 0.717) is 12.8 Å². The van der Waals surface area contributed by atoms with Gasteiger partial charge in [0.1, 0.15) is 0 Å². The maximum Gasteiger partial charge on any atom is 0.311 e. The van der Waals surface area contributed by atoms with E-state index in [-0.39, 0.29) is 23.2 Å². The van der Waals surface area contributed by atoms with Gasteiger partial charge in [-0.25, -0.2) is 0 Å². The maximum atomic E-state index is 12.2. The fraction of sp³-hybridized carbons (Fsp3) is 0.789. The molecule has 23 heavy (non-hydrogen) atoms. The fourth-order valence-corrected chi connectivity index (χ4v) is 3.14. The molecule has 0 spiro atoms. The summed E-state index contributed by atoms with van der Waals surface area (Å²) in [6.07, 6.45) is 3.10. The van der Waals surface area contributed by atoms with E-state index < -0.39 is 16.8 Å². The van der Waals surface area contributed by atoms with Gasteiger partial charge >= 0.3 is 11.9 Å². The number of hydrogen-bond acceptors (Lipinski definition) is 3. The SMILES string of the molecule is C=CC(C)(C)C(C)(C)CC(C)(CC(C)(CC)C(=O)OC)C(=O)O. The van der Waals surface area contributed by atoms with Gasteiger partial charge in [0.25, 0.3) is 0 Å². The number of carboxylic acid groups (broad SMARTS) is 1. The smallest absolute Gasteiger partial charge is 0.311 e. The summed E-state index contributed by atoms with van der Waals surface area (Å²) in [5.41, 5.74) is -2.34. The van der Waals surface area contributed by atoms with Crippen LogP contribution in [0, 0.1) is 21.7 Å². The van der Waals surface area contributed by atoms with Gasteiger partial charge in [-0.15, -0.1) is 6.58 Å². The van der Waals surface area contributed by atoms with Crippen LogP contribution in [0.15, 0.2) is 12.7 Å². The van der Waals surface area contributed by atoms with Crippen molar-refractivity contribution in [3.8, 4) is 0 Å². The van der Waals surface area contributed by atoms with Crippen molar-refractivity contribution in [2.24, 2.45) is 21.7 Å². The molecule has 0 bridgehead atoms. The Balaban J connectivity index is 5.74. The normalized spacial score (nSPS) is 17.7. The Morgan fingerprint density at radius 2 is 1.52 bits per heavy atom. The number of carboxylic acids is 1. The summed E-state index contributed by atoms with van der Waals surface area (Å²) in [5, 5.41) is 9.87. The highest BCUT2D eigenvalue weighted by Crippen LogP contribution is 2.51. The minimum absolute atomic E-state index is 0.225. The molecule has 134 valence electrons. The third kappa shape index (κ3) is 4.58. The fourth-order valence-electron chi connectivity index (χ4n) is 3.14. The van der Waals surface area contributed by atoms with Gasteiger partial charge in [-0.2, -0.15) is 0 Å². The highest BCUT2D eigenvalue weighted by Gasteiger charge is 2.49. The van der Waals surface area contributed by atoms with E-state index in [9.17, 15) is 14.7 Å². The number of aliphatic carboxylic acids is 1. The molecule has 2 atom stereocenters. The average Bonchev–Trinajstić information content (AvgIpc) is 2.44. The quantitative estimate of drug-likeness (QED) is 0.493. The minimum atomic E-state index is -1.03. The van der Waals surface area contributed by atoms with E-state index in [1.54, 1.807) is 13.8 Å². The molecule has 0 aromatic heterocycles. The van der Waals surface area contributed by atoms with Crippen LogP contribution in [0.2, 0.25) is 0 Å². The number of esters is 1. The molecule has 1 N–H and O–H groups in total. The highest BCUT2D eigenvalue weighted by molar-refractivity contribution is 5.79. The first kappa shape index (κ1) is 21.7. The Kier molecular flexibility index (Phi) is 6.66. The molecule has 0 radical (unpaired) electrons. The zero-order chi connectivity index (χ0) is 18.7. The third-order valence-corrected chi connectivity index (χ3v) is 5.84. The predicted octanol–water partition coefficient (Wildman–Crippen LogP) is 4.69. The van der Waals surface area contributed by atoms with Crippen LogP contribution in [0.3, 0.4) is 0 Å². The standard InChI is InChI=1S/C19H34O4/c1-10-16(3,4)17(5,6)12-19(8,14(20)21)13-18(7,11-2)15(22)23-9/h10H,1,11-13H2,2-9H3,(H,20,21). The van der Waals surface area contributed by atoms with Crippen LogP contribution in [0.5, 0.6) is 0 Å². The van der Waals surface area contributed by atoms with Crippen LogP contribution >= 0.6 is 0 Å². The molecule has 4 heteroatoms. The van der Waals surface area contributed by atoms with Gasteiger partial charge in [-0.3, -0.25) is 9.59 Å². The first-order chi connectivity index (χ1) is 10.2. The van der Waals surface area contributed by atoms with Crippen molar-refractivity contribution in [1.82, 2.24) is 0 Å². The van der Waals surface area contributed by atoms with Gasteiger partial charge in [-0.05, 0) is 43.9 Å². The number of hydrogen-bond donors (Lipinski definition) is 1. The zero-order valence-electron chi connectivity index (χ0n) is 16.1. The van der Waals surface area contributed by atoms with Crippen LogP contribution in [-0.2, 0) is 14.3 Å². The van der Waals surface area contributed by atoms with Crippen molar-refractivity contribution in [1.29, 1.82) is 0 Å². The summed E-state index contributed by atoms with van der Waals surface area (Å²) in [5.74, 6) is -1.23. The summed E-state index contributed by atoms with van der Waals surface area (Å²) in [4.78, 5) is 24.2. The second-order valence-electron chi connectivity index (χ2n) is 8.43. The first-order valence-electron chi connectivity index (χ1n) is 8.17. The van der Waals surface area contributed by atoms with E-state index in [1.165, 1.54) is 7.11 Å². The molecule has 0 aliphatic carbocycles. The van der Waals surface area contributed by atoms with Crippen molar-refractivity contribution in [2.75, 3.05) is 7.11 Å². The van der Waals surface area contributed by atoms with E-state index >= 15 is 0 Å². The largest absolute Gasteiger partial charge is 0.481 e. The van der Waals surface area contributed by atoms with Crippen LogP contribution < -0.4 is 0 Å². The second kappa shape index (κ2) is 7.06. The summed E-state index contributed by atoms with van der Waals surface area (Å²) >= 11 is 0. The van der Waals surface area contributed by atoms with Crippen LogP contribution in [0.4, 0.5) is 0 Å². The van der Waals surface area contributed by atoms with Crippen molar-refractivity contribution >= 4 is 11.9 Å². The average molecular weight is 326 g/mol. The zero-order valence-corrected chi connectivity index (χ0v) is 16.1.